The van der Waals surface area contributed by atoms with Crippen LogP contribution in [-0.4, -0.2) is 28.5 Å². The lowest BCUT2D eigenvalue weighted by Crippen LogP contribution is -2.50. The summed E-state index contributed by atoms with van der Waals surface area (Å²) in [6.45, 7) is 11.8. The second-order valence-electron chi connectivity index (χ2n) is 8.80. The van der Waals surface area contributed by atoms with Crippen molar-refractivity contribution in [2.75, 3.05) is 0 Å². The maximum Gasteiger partial charge on any atom is 0.233 e. The van der Waals surface area contributed by atoms with Crippen molar-refractivity contribution in [3.63, 3.8) is 0 Å². The zero-order valence-electron chi connectivity index (χ0n) is 16.4. The van der Waals surface area contributed by atoms with E-state index < -0.39 is 11.0 Å². The second-order valence-corrected chi connectivity index (χ2v) is 8.80. The van der Waals surface area contributed by atoms with Crippen LogP contribution in [0, 0.1) is 17.3 Å². The number of carbonyl (C=O) groups excluding carboxylic acids is 3. The van der Waals surface area contributed by atoms with Gasteiger partial charge in [-0.25, -0.2) is 0 Å². The lowest BCUT2D eigenvalue weighted by atomic mass is 9.80. The van der Waals surface area contributed by atoms with Crippen LogP contribution in [0.3, 0.4) is 0 Å². The van der Waals surface area contributed by atoms with Crippen molar-refractivity contribution >= 4 is 18.1 Å². The van der Waals surface area contributed by atoms with Gasteiger partial charge in [0.15, 0.2) is 0 Å². The van der Waals surface area contributed by atoms with Gasteiger partial charge in [0, 0.05) is 23.3 Å². The molecule has 0 spiro atoms. The highest BCUT2D eigenvalue weighted by Crippen LogP contribution is 2.38. The van der Waals surface area contributed by atoms with Crippen LogP contribution in [0.4, 0.5) is 0 Å². The Morgan fingerprint density at radius 3 is 2.33 bits per heavy atom. The summed E-state index contributed by atoms with van der Waals surface area (Å²) >= 11 is 0. The molecule has 1 heterocycles. The number of hydrogen-bond donors (Lipinski definition) is 0. The lowest BCUT2D eigenvalue weighted by Gasteiger charge is -2.38. The molecule has 0 aromatic rings. The zero-order chi connectivity index (χ0) is 18.5. The standard InChI is InChI=1S/C20H35NO3/c1-7-8-9-10-11-15(2)16-12-17(23)21(18(16)24)20(5,6)13-19(3,4)14-22/h14-16H,7-13H2,1-6H3. The van der Waals surface area contributed by atoms with E-state index in [2.05, 4.69) is 13.8 Å². The number of unbranched alkanes of at least 4 members (excludes halogenated alkanes) is 3. The highest BCUT2D eigenvalue weighted by molar-refractivity contribution is 6.04. The number of rotatable bonds is 10. The van der Waals surface area contributed by atoms with Gasteiger partial charge < -0.3 is 4.79 Å². The average molecular weight is 338 g/mol. The predicted octanol–water partition coefficient (Wildman–Crippen LogP) is 4.36. The van der Waals surface area contributed by atoms with Crippen LogP contribution in [-0.2, 0) is 14.4 Å². The Hall–Kier alpha value is -1.19. The number of hydrogen-bond acceptors (Lipinski definition) is 3. The van der Waals surface area contributed by atoms with E-state index in [1.54, 1.807) is 0 Å². The maximum atomic E-state index is 12.9. The molecule has 2 atom stereocenters. The fraction of sp³-hybridized carbons (Fsp3) is 0.850. The first-order chi connectivity index (χ1) is 11.1. The molecular weight excluding hydrogens is 302 g/mol. The Labute approximate surface area is 147 Å². The van der Waals surface area contributed by atoms with E-state index in [1.807, 2.05) is 27.7 Å². The van der Waals surface area contributed by atoms with Gasteiger partial charge in [-0.2, -0.15) is 0 Å². The SMILES string of the molecule is CCCCCCC(C)C1CC(=O)N(C(C)(C)CC(C)(C)C=O)C1=O. The molecule has 4 heteroatoms. The van der Waals surface area contributed by atoms with Crippen LogP contribution >= 0.6 is 0 Å². The number of aldehydes is 1. The van der Waals surface area contributed by atoms with Gasteiger partial charge in [0.2, 0.25) is 11.8 Å². The molecule has 2 unspecified atom stereocenters. The number of nitrogens with zero attached hydrogens (tertiary/aromatic N) is 1. The normalized spacial score (nSPS) is 20.6. The molecule has 138 valence electrons. The van der Waals surface area contributed by atoms with Crippen molar-refractivity contribution in [3.05, 3.63) is 0 Å². The summed E-state index contributed by atoms with van der Waals surface area (Å²) in [5, 5.41) is 0. The predicted molar refractivity (Wildman–Crippen MR) is 96.4 cm³/mol. The van der Waals surface area contributed by atoms with E-state index in [1.165, 1.54) is 24.2 Å². The van der Waals surface area contributed by atoms with Gasteiger partial charge >= 0.3 is 0 Å². The summed E-state index contributed by atoms with van der Waals surface area (Å²) in [6, 6.07) is 0. The quantitative estimate of drug-likeness (QED) is 0.338. The lowest BCUT2D eigenvalue weighted by molar-refractivity contribution is -0.147. The summed E-state index contributed by atoms with van der Waals surface area (Å²) in [7, 11) is 0. The Bertz CT molecular complexity index is 468. The third-order valence-corrected chi connectivity index (χ3v) is 5.19. The van der Waals surface area contributed by atoms with Crippen molar-refractivity contribution < 1.29 is 14.4 Å². The minimum Gasteiger partial charge on any atom is -0.303 e. The van der Waals surface area contributed by atoms with E-state index in [-0.39, 0.29) is 23.7 Å². The Morgan fingerprint density at radius 2 is 1.79 bits per heavy atom. The van der Waals surface area contributed by atoms with Crippen molar-refractivity contribution in [1.29, 1.82) is 0 Å². The van der Waals surface area contributed by atoms with Gasteiger partial charge in [-0.15, -0.1) is 0 Å². The first-order valence-corrected chi connectivity index (χ1v) is 9.39. The smallest absolute Gasteiger partial charge is 0.233 e. The largest absolute Gasteiger partial charge is 0.303 e. The Kier molecular flexibility index (Phi) is 7.18. The third-order valence-electron chi connectivity index (χ3n) is 5.19. The van der Waals surface area contributed by atoms with Gasteiger partial charge in [0.1, 0.15) is 6.29 Å². The molecule has 1 rings (SSSR count). The van der Waals surface area contributed by atoms with Gasteiger partial charge in [0.05, 0.1) is 0 Å². The van der Waals surface area contributed by atoms with Crippen molar-refractivity contribution in [3.8, 4) is 0 Å². The molecule has 0 saturated carbocycles. The van der Waals surface area contributed by atoms with E-state index in [4.69, 9.17) is 0 Å². The molecule has 1 aliphatic heterocycles. The summed E-state index contributed by atoms with van der Waals surface area (Å²) in [5.74, 6) is -0.0947. The highest BCUT2D eigenvalue weighted by Gasteiger charge is 2.48. The molecule has 0 aliphatic carbocycles. The topological polar surface area (TPSA) is 54.5 Å². The molecule has 2 amide bonds. The number of carbonyl (C=O) groups is 3. The van der Waals surface area contributed by atoms with Crippen LogP contribution in [0.15, 0.2) is 0 Å². The molecule has 4 nitrogen and oxygen atoms in total. The minimum atomic E-state index is -0.630. The fourth-order valence-electron chi connectivity index (χ4n) is 4.07. The number of imide groups is 1. The Morgan fingerprint density at radius 1 is 1.17 bits per heavy atom. The van der Waals surface area contributed by atoms with Crippen LogP contribution in [0.5, 0.6) is 0 Å². The number of likely N-dealkylation sites (tertiary alicyclic amines) is 1. The molecular formula is C20H35NO3. The summed E-state index contributed by atoms with van der Waals surface area (Å²) in [4.78, 5) is 38.1. The monoisotopic (exact) mass is 337 g/mol. The highest BCUT2D eigenvalue weighted by atomic mass is 16.2. The van der Waals surface area contributed by atoms with Gasteiger partial charge in [0.25, 0.3) is 0 Å². The average Bonchev–Trinajstić information content (AvgIpc) is 2.78. The molecule has 0 aromatic carbocycles. The first-order valence-electron chi connectivity index (χ1n) is 9.39. The van der Waals surface area contributed by atoms with Crippen molar-refractivity contribution in [2.24, 2.45) is 17.3 Å². The second kappa shape index (κ2) is 8.26. The Balaban J connectivity index is 2.77. The minimum absolute atomic E-state index is 0.0466. The summed E-state index contributed by atoms with van der Waals surface area (Å²) < 4.78 is 0. The van der Waals surface area contributed by atoms with Gasteiger partial charge in [-0.3, -0.25) is 14.5 Å². The van der Waals surface area contributed by atoms with Crippen LogP contribution in [0.1, 0.15) is 86.5 Å². The third kappa shape index (κ3) is 5.15. The molecule has 1 fully saturated rings. The van der Waals surface area contributed by atoms with Crippen LogP contribution in [0.2, 0.25) is 0 Å². The van der Waals surface area contributed by atoms with Gasteiger partial charge in [-0.1, -0.05) is 53.4 Å². The molecule has 0 aromatic heterocycles. The van der Waals surface area contributed by atoms with Crippen LogP contribution in [0.25, 0.3) is 0 Å². The van der Waals surface area contributed by atoms with E-state index in [0.29, 0.717) is 12.8 Å². The van der Waals surface area contributed by atoms with Crippen LogP contribution < -0.4 is 0 Å². The zero-order valence-corrected chi connectivity index (χ0v) is 16.4. The summed E-state index contributed by atoms with van der Waals surface area (Å²) in [5.41, 5.74) is -1.18. The molecule has 1 aliphatic rings. The molecule has 0 bridgehead atoms. The molecule has 24 heavy (non-hydrogen) atoms. The van der Waals surface area contributed by atoms with Gasteiger partial charge in [-0.05, 0) is 32.6 Å². The first kappa shape index (κ1) is 20.9. The maximum absolute atomic E-state index is 12.9. The number of amides is 2. The van der Waals surface area contributed by atoms with E-state index in [9.17, 15) is 14.4 Å². The van der Waals surface area contributed by atoms with E-state index in [0.717, 1.165) is 19.1 Å². The molecule has 1 saturated heterocycles. The van der Waals surface area contributed by atoms with Crippen molar-refractivity contribution in [2.45, 2.75) is 92.0 Å². The van der Waals surface area contributed by atoms with Crippen molar-refractivity contribution in [1.82, 2.24) is 4.90 Å². The fourth-order valence-corrected chi connectivity index (χ4v) is 4.07. The molecule has 0 N–H and O–H groups in total. The van der Waals surface area contributed by atoms with E-state index >= 15 is 0 Å². The summed E-state index contributed by atoms with van der Waals surface area (Å²) in [6.07, 6.45) is 7.45. The molecule has 0 radical (unpaired) electrons.